The summed E-state index contributed by atoms with van der Waals surface area (Å²) in [5, 5.41) is 6.61. The van der Waals surface area contributed by atoms with E-state index in [2.05, 4.69) is 26.4 Å². The van der Waals surface area contributed by atoms with E-state index in [0.717, 1.165) is 10.0 Å². The molecule has 0 aliphatic heterocycles. The molecule has 2 rings (SSSR count). The molecule has 1 atom stereocenters. The zero-order valence-electron chi connectivity index (χ0n) is 12.8. The van der Waals surface area contributed by atoms with E-state index in [9.17, 15) is 4.79 Å². The molecule has 0 spiro atoms. The Kier molecular flexibility index (Phi) is 6.17. The highest BCUT2D eigenvalue weighted by Crippen LogP contribution is 2.16. The molecule has 2 aromatic carbocycles. The molecule has 0 aromatic heterocycles. The Bertz CT molecular complexity index is 686. The number of hydrogen-bond donors (Lipinski definition) is 1. The normalized spacial score (nSPS) is 12.0. The maximum Gasteiger partial charge on any atom is 0.267 e. The lowest BCUT2D eigenvalue weighted by atomic mass is 10.2. The minimum atomic E-state index is -0.718. The quantitative estimate of drug-likeness (QED) is 0.615. The summed E-state index contributed by atoms with van der Waals surface area (Å²) >= 11 is 3.34. The van der Waals surface area contributed by atoms with Gasteiger partial charge in [-0.1, -0.05) is 33.2 Å². The molecule has 0 fully saturated rings. The molecule has 0 aliphatic carbocycles. The van der Waals surface area contributed by atoms with Crippen LogP contribution in [0.1, 0.15) is 12.5 Å². The van der Waals surface area contributed by atoms with Crippen LogP contribution in [0.25, 0.3) is 0 Å². The second-order valence-electron chi connectivity index (χ2n) is 4.72. The number of carbonyl (C=O) groups excluding carboxylic acids is 1. The molecule has 0 heterocycles. The number of halogens is 1. The molecule has 0 aliphatic rings. The van der Waals surface area contributed by atoms with Gasteiger partial charge in [-0.3, -0.25) is 4.79 Å². The van der Waals surface area contributed by atoms with Gasteiger partial charge >= 0.3 is 0 Å². The van der Waals surface area contributed by atoms with Crippen LogP contribution in [0.15, 0.2) is 58.2 Å². The van der Waals surface area contributed by atoms with Gasteiger partial charge in [0.05, 0.1) is 13.3 Å². The Morgan fingerprint density at radius 2 is 1.91 bits per heavy atom. The number of carbonyl (C=O) groups is 1. The van der Waals surface area contributed by atoms with Crippen molar-refractivity contribution in [3.63, 3.8) is 0 Å². The summed E-state index contributed by atoms with van der Waals surface area (Å²) in [6.07, 6.45) is 0.798. The van der Waals surface area contributed by atoms with Crippen molar-refractivity contribution in [1.82, 2.24) is 0 Å². The molecule has 1 amide bonds. The van der Waals surface area contributed by atoms with Crippen LogP contribution in [0.4, 0.5) is 5.69 Å². The topological polar surface area (TPSA) is 59.9 Å². The molecule has 0 bridgehead atoms. The minimum absolute atomic E-state index is 0.274. The van der Waals surface area contributed by atoms with Crippen LogP contribution in [0.5, 0.6) is 5.75 Å². The largest absolute Gasteiger partial charge is 0.496 e. The molecule has 120 valence electrons. The van der Waals surface area contributed by atoms with E-state index in [1.165, 1.54) is 6.21 Å². The van der Waals surface area contributed by atoms with Gasteiger partial charge in [0.25, 0.3) is 5.91 Å². The van der Waals surface area contributed by atoms with E-state index in [4.69, 9.17) is 9.57 Å². The van der Waals surface area contributed by atoms with Gasteiger partial charge in [0.15, 0.2) is 0 Å². The smallest absolute Gasteiger partial charge is 0.267 e. The number of hydrogen-bond acceptors (Lipinski definition) is 4. The number of ether oxygens (including phenoxy) is 1. The zero-order valence-corrected chi connectivity index (χ0v) is 14.4. The van der Waals surface area contributed by atoms with Crippen LogP contribution in [0.2, 0.25) is 0 Å². The first-order valence-electron chi connectivity index (χ1n) is 6.99. The van der Waals surface area contributed by atoms with Gasteiger partial charge in [0.2, 0.25) is 6.10 Å². The number of nitrogens with zero attached hydrogens (tertiary/aromatic N) is 1. The van der Waals surface area contributed by atoms with E-state index in [0.29, 0.717) is 11.4 Å². The summed E-state index contributed by atoms with van der Waals surface area (Å²) in [5.74, 6) is 0.413. The van der Waals surface area contributed by atoms with Crippen molar-refractivity contribution in [3.05, 3.63) is 58.6 Å². The van der Waals surface area contributed by atoms with Crippen molar-refractivity contribution < 1.29 is 14.4 Å². The number of rotatable bonds is 6. The van der Waals surface area contributed by atoms with Gasteiger partial charge in [-0.15, -0.1) is 0 Å². The fourth-order valence-electron chi connectivity index (χ4n) is 1.78. The number of para-hydroxylation sites is 1. The molecular formula is C17H17BrN2O3. The number of oxime groups is 1. The number of anilines is 1. The highest BCUT2D eigenvalue weighted by atomic mass is 79.9. The lowest BCUT2D eigenvalue weighted by molar-refractivity contribution is -0.126. The first kappa shape index (κ1) is 17.0. The molecule has 1 N–H and O–H groups in total. The van der Waals surface area contributed by atoms with Crippen molar-refractivity contribution in [2.75, 3.05) is 12.4 Å². The molecule has 6 heteroatoms. The molecule has 2 aromatic rings. The Morgan fingerprint density at radius 3 is 2.61 bits per heavy atom. The van der Waals surface area contributed by atoms with Gasteiger partial charge < -0.3 is 14.9 Å². The predicted molar refractivity (Wildman–Crippen MR) is 93.9 cm³/mol. The van der Waals surface area contributed by atoms with Crippen LogP contribution in [-0.2, 0) is 9.63 Å². The summed E-state index contributed by atoms with van der Waals surface area (Å²) in [4.78, 5) is 17.2. The van der Waals surface area contributed by atoms with Crippen molar-refractivity contribution in [2.45, 2.75) is 13.0 Å². The average molecular weight is 377 g/mol. The van der Waals surface area contributed by atoms with Crippen LogP contribution in [0, 0.1) is 0 Å². The van der Waals surface area contributed by atoms with Crippen LogP contribution >= 0.6 is 15.9 Å². The Labute approximate surface area is 143 Å². The van der Waals surface area contributed by atoms with Gasteiger partial charge in [-0.05, 0) is 43.3 Å². The first-order valence-corrected chi connectivity index (χ1v) is 7.78. The fraction of sp³-hybridized carbons (Fsp3) is 0.176. The second kappa shape index (κ2) is 8.33. The molecule has 0 radical (unpaired) electrons. The van der Waals surface area contributed by atoms with Crippen molar-refractivity contribution >= 4 is 33.7 Å². The number of amides is 1. The van der Waals surface area contributed by atoms with Crippen LogP contribution < -0.4 is 10.1 Å². The third-order valence-corrected chi connectivity index (χ3v) is 3.56. The lowest BCUT2D eigenvalue weighted by Crippen LogP contribution is -2.26. The average Bonchev–Trinajstić information content (AvgIpc) is 2.57. The highest BCUT2D eigenvalue weighted by Gasteiger charge is 2.14. The molecule has 0 saturated carbocycles. The van der Waals surface area contributed by atoms with E-state index in [1.54, 1.807) is 26.2 Å². The van der Waals surface area contributed by atoms with Gasteiger partial charge in [-0.2, -0.15) is 0 Å². The lowest BCUT2D eigenvalue weighted by Gasteiger charge is -2.10. The molecule has 23 heavy (non-hydrogen) atoms. The maximum absolute atomic E-state index is 12.0. The Balaban J connectivity index is 1.90. The fourth-order valence-corrected chi connectivity index (χ4v) is 2.04. The van der Waals surface area contributed by atoms with E-state index in [1.807, 2.05) is 36.4 Å². The molecule has 0 saturated heterocycles. The molecule has 5 nitrogen and oxygen atoms in total. The van der Waals surface area contributed by atoms with E-state index in [-0.39, 0.29) is 5.91 Å². The standard InChI is InChI=1S/C17H17BrN2O3/c1-12(17(21)20-15-9-7-14(18)8-10-15)23-19-11-13-5-3-4-6-16(13)22-2/h3-12H,1-2H3,(H,20,21). The van der Waals surface area contributed by atoms with Crippen molar-refractivity contribution in [3.8, 4) is 5.75 Å². The van der Waals surface area contributed by atoms with Crippen molar-refractivity contribution in [1.29, 1.82) is 0 Å². The zero-order chi connectivity index (χ0) is 16.7. The predicted octanol–water partition coefficient (Wildman–Crippen LogP) is 3.84. The van der Waals surface area contributed by atoms with E-state index < -0.39 is 6.10 Å². The maximum atomic E-state index is 12.0. The van der Waals surface area contributed by atoms with Gasteiger partial charge in [0, 0.05) is 15.7 Å². The molecular weight excluding hydrogens is 360 g/mol. The summed E-state index contributed by atoms with van der Waals surface area (Å²) in [5.41, 5.74) is 1.47. The van der Waals surface area contributed by atoms with Crippen LogP contribution in [0.3, 0.4) is 0 Å². The van der Waals surface area contributed by atoms with Crippen molar-refractivity contribution in [2.24, 2.45) is 5.16 Å². The summed E-state index contributed by atoms with van der Waals surface area (Å²) in [6, 6.07) is 14.7. The SMILES string of the molecule is COc1ccccc1C=NOC(C)C(=O)Nc1ccc(Br)cc1. The Hall–Kier alpha value is -2.34. The second-order valence-corrected chi connectivity index (χ2v) is 5.64. The number of methoxy groups -OCH3 is 1. The Morgan fingerprint density at radius 1 is 1.22 bits per heavy atom. The third kappa shape index (κ3) is 5.10. The summed E-state index contributed by atoms with van der Waals surface area (Å²) in [6.45, 7) is 1.63. The summed E-state index contributed by atoms with van der Waals surface area (Å²) in [7, 11) is 1.59. The minimum Gasteiger partial charge on any atom is -0.496 e. The highest BCUT2D eigenvalue weighted by molar-refractivity contribution is 9.10. The summed E-state index contributed by atoms with van der Waals surface area (Å²) < 4.78 is 6.15. The number of nitrogens with one attached hydrogen (secondary N) is 1. The number of benzene rings is 2. The first-order chi connectivity index (χ1) is 11.1. The molecule has 1 unspecified atom stereocenters. The van der Waals surface area contributed by atoms with E-state index >= 15 is 0 Å². The van der Waals surface area contributed by atoms with Gasteiger partial charge in [-0.25, -0.2) is 0 Å². The monoisotopic (exact) mass is 376 g/mol. The third-order valence-electron chi connectivity index (χ3n) is 3.03. The van der Waals surface area contributed by atoms with Crippen LogP contribution in [-0.4, -0.2) is 25.3 Å². The van der Waals surface area contributed by atoms with Gasteiger partial charge in [0.1, 0.15) is 5.75 Å².